The first kappa shape index (κ1) is 30.4. The number of anilines is 4. The van der Waals surface area contributed by atoms with E-state index in [1.54, 1.807) is 12.3 Å². The second-order valence-corrected chi connectivity index (χ2v) is 10.4. The maximum absolute atomic E-state index is 14.1. The van der Waals surface area contributed by atoms with E-state index in [0.717, 1.165) is 34.6 Å². The molecule has 2 aromatic heterocycles. The maximum atomic E-state index is 14.1. The number of hydrogen-bond acceptors (Lipinski definition) is 9. The summed E-state index contributed by atoms with van der Waals surface area (Å²) in [7, 11) is 4.00. The third-order valence-corrected chi connectivity index (χ3v) is 6.89. The highest BCUT2D eigenvalue weighted by Gasteiger charge is 2.39. The predicted molar refractivity (Wildman–Crippen MR) is 163 cm³/mol. The van der Waals surface area contributed by atoms with Crippen LogP contribution in [0.4, 0.5) is 32.3 Å². The average molecular weight is 577 g/mol. The predicted octanol–water partition coefficient (Wildman–Crippen LogP) is 4.80. The van der Waals surface area contributed by atoms with E-state index in [0.29, 0.717) is 12.2 Å². The van der Waals surface area contributed by atoms with Crippen molar-refractivity contribution in [3.05, 3.63) is 66.6 Å². The second-order valence-electron chi connectivity index (χ2n) is 10.4. The molecule has 0 aliphatic carbocycles. The summed E-state index contributed by atoms with van der Waals surface area (Å²) < 4.78 is 19.1. The molecule has 2 amide bonds. The molecule has 3 heterocycles. The number of carbonyl (C=O) groups is 2. The zero-order chi connectivity index (χ0) is 30.4. The number of pyridine rings is 1. The Kier molecular flexibility index (Phi) is 9.68. The fourth-order valence-corrected chi connectivity index (χ4v) is 4.54. The van der Waals surface area contributed by atoms with Gasteiger partial charge < -0.3 is 25.6 Å². The Balaban J connectivity index is 1.52. The minimum absolute atomic E-state index is 0.0347. The van der Waals surface area contributed by atoms with Crippen molar-refractivity contribution in [2.24, 2.45) is 0 Å². The maximum Gasteiger partial charge on any atom is 0.416 e. The summed E-state index contributed by atoms with van der Waals surface area (Å²) in [5.74, 6) is 0.235. The van der Waals surface area contributed by atoms with Crippen molar-refractivity contribution < 1.29 is 18.7 Å². The summed E-state index contributed by atoms with van der Waals surface area (Å²) in [6.07, 6.45) is 2.62. The molecule has 1 aliphatic rings. The number of benzene rings is 1. The third kappa shape index (κ3) is 7.19. The molecular weight excluding hydrogens is 539 g/mol. The molecule has 0 spiro atoms. The summed E-state index contributed by atoms with van der Waals surface area (Å²) >= 11 is 0. The smallest absolute Gasteiger partial charge is 0.416 e. The van der Waals surface area contributed by atoms with Gasteiger partial charge in [-0.15, -0.1) is 0 Å². The normalized spacial score (nSPS) is 16.1. The summed E-state index contributed by atoms with van der Waals surface area (Å²) in [6.45, 7) is 10.4. The molecule has 0 unspecified atom stereocenters. The van der Waals surface area contributed by atoms with Gasteiger partial charge >= 0.3 is 6.09 Å². The van der Waals surface area contributed by atoms with Gasteiger partial charge in [0.25, 0.3) is 0 Å². The highest BCUT2D eigenvalue weighted by Crippen LogP contribution is 2.32. The molecular formula is C30H37FN8O3. The molecule has 1 fully saturated rings. The van der Waals surface area contributed by atoms with Crippen LogP contribution in [0.2, 0.25) is 0 Å². The monoisotopic (exact) mass is 576 g/mol. The molecule has 1 aliphatic heterocycles. The number of amides is 2. The average Bonchev–Trinajstić information content (AvgIpc) is 3.35. The first-order chi connectivity index (χ1) is 20.1. The number of hydrogen-bond donors (Lipinski definition) is 3. The van der Waals surface area contributed by atoms with Crippen LogP contribution in [-0.2, 0) is 9.53 Å². The van der Waals surface area contributed by atoms with Crippen LogP contribution in [-0.4, -0.2) is 77.9 Å². The van der Waals surface area contributed by atoms with Gasteiger partial charge in [-0.1, -0.05) is 12.6 Å². The van der Waals surface area contributed by atoms with Crippen LogP contribution in [0.25, 0.3) is 11.1 Å². The molecule has 3 atom stereocenters. The molecule has 12 heteroatoms. The van der Waals surface area contributed by atoms with Gasteiger partial charge in [0, 0.05) is 31.0 Å². The van der Waals surface area contributed by atoms with Crippen molar-refractivity contribution >= 4 is 35.1 Å². The lowest BCUT2D eigenvalue weighted by Gasteiger charge is -2.22. The van der Waals surface area contributed by atoms with Crippen molar-refractivity contribution in [2.45, 2.75) is 39.0 Å². The van der Waals surface area contributed by atoms with Crippen LogP contribution in [0.1, 0.15) is 31.1 Å². The number of nitrogens with one attached hydrogen (secondary N) is 3. The van der Waals surface area contributed by atoms with Crippen molar-refractivity contribution in [1.29, 1.82) is 0 Å². The fourth-order valence-electron chi connectivity index (χ4n) is 4.54. The standard InChI is InChI=1S/C30H37FN8O3/c1-7-28(40)36-25-15-21(8-9-23(25)32-12-13-38(5)6)22-16-34-24(14-18(22)2)20(4)35-29-33-11-10-27(37-29)39-26(19(3)31)17-42-30(39)41/h7-11,14-16,19-20,26,32H,1,12-13,17H2,2-6H3,(H,36,40)(H,33,35,37)/t19-,20-,26+/m0/s1. The molecule has 0 saturated carbocycles. The van der Waals surface area contributed by atoms with E-state index >= 15 is 0 Å². The lowest BCUT2D eigenvalue weighted by atomic mass is 10.00. The zero-order valence-electron chi connectivity index (χ0n) is 24.5. The van der Waals surface area contributed by atoms with Crippen molar-refractivity contribution in [3.63, 3.8) is 0 Å². The van der Waals surface area contributed by atoms with Gasteiger partial charge in [0.2, 0.25) is 11.9 Å². The zero-order valence-corrected chi connectivity index (χ0v) is 24.5. The van der Waals surface area contributed by atoms with Gasteiger partial charge in [-0.2, -0.15) is 4.98 Å². The Morgan fingerprint density at radius 1 is 1.24 bits per heavy atom. The molecule has 0 radical (unpaired) electrons. The number of carbonyl (C=O) groups excluding carboxylic acids is 2. The van der Waals surface area contributed by atoms with Crippen LogP contribution in [0.15, 0.2) is 55.4 Å². The lowest BCUT2D eigenvalue weighted by molar-refractivity contribution is -0.111. The van der Waals surface area contributed by atoms with E-state index in [9.17, 15) is 14.0 Å². The molecule has 11 nitrogen and oxygen atoms in total. The molecule has 3 N–H and O–H groups in total. The van der Waals surface area contributed by atoms with Crippen molar-refractivity contribution in [3.8, 4) is 11.1 Å². The van der Waals surface area contributed by atoms with Crippen LogP contribution in [0.3, 0.4) is 0 Å². The van der Waals surface area contributed by atoms with Gasteiger partial charge in [0.1, 0.15) is 24.6 Å². The molecule has 1 aromatic carbocycles. The largest absolute Gasteiger partial charge is 0.447 e. The Morgan fingerprint density at radius 3 is 2.71 bits per heavy atom. The second kappa shape index (κ2) is 13.4. The number of cyclic esters (lactones) is 1. The highest BCUT2D eigenvalue weighted by molar-refractivity contribution is 6.01. The number of halogens is 1. The number of likely N-dealkylation sites (N-methyl/N-ethyl adjacent to an activating group) is 1. The fraction of sp³-hybridized carbons (Fsp3) is 0.367. The van der Waals surface area contributed by atoms with Crippen LogP contribution in [0.5, 0.6) is 0 Å². The van der Waals surface area contributed by atoms with E-state index in [-0.39, 0.29) is 30.3 Å². The lowest BCUT2D eigenvalue weighted by Crippen LogP contribution is -2.39. The summed E-state index contributed by atoms with van der Waals surface area (Å²) in [4.78, 5) is 41.0. The highest BCUT2D eigenvalue weighted by atomic mass is 19.1. The number of aryl methyl sites for hydroxylation is 1. The minimum Gasteiger partial charge on any atom is -0.447 e. The number of nitrogens with zero attached hydrogens (tertiary/aromatic N) is 5. The Bertz CT molecular complexity index is 1450. The SMILES string of the molecule is C=CC(=O)Nc1cc(-c2cnc([C@H](C)Nc3nccc(N4C(=O)OC[C@@H]4[C@H](C)F)n3)cc2C)ccc1NCCN(C)C. The number of alkyl halides is 1. The van der Waals surface area contributed by atoms with Gasteiger partial charge in [-0.05, 0) is 76.3 Å². The van der Waals surface area contributed by atoms with Gasteiger partial charge in [-0.3, -0.25) is 14.7 Å². The Morgan fingerprint density at radius 2 is 2.02 bits per heavy atom. The molecule has 3 aromatic rings. The topological polar surface area (TPSA) is 125 Å². The van der Waals surface area contributed by atoms with Crippen LogP contribution in [0, 0.1) is 6.92 Å². The van der Waals surface area contributed by atoms with Gasteiger partial charge in [0.05, 0.1) is 23.1 Å². The van der Waals surface area contributed by atoms with Crippen molar-refractivity contribution in [2.75, 3.05) is 54.6 Å². The van der Waals surface area contributed by atoms with Gasteiger partial charge in [0.15, 0.2) is 0 Å². The van der Waals surface area contributed by atoms with Crippen molar-refractivity contribution in [1.82, 2.24) is 19.9 Å². The summed E-state index contributed by atoms with van der Waals surface area (Å²) in [6, 6.07) is 8.34. The molecule has 222 valence electrons. The summed E-state index contributed by atoms with van der Waals surface area (Å²) in [5, 5.41) is 9.48. The van der Waals surface area contributed by atoms with Gasteiger partial charge in [-0.25, -0.2) is 14.2 Å². The minimum atomic E-state index is -1.28. The Labute approximate surface area is 245 Å². The van der Waals surface area contributed by atoms with Crippen LogP contribution >= 0.6 is 0 Å². The molecule has 4 rings (SSSR count). The number of aromatic nitrogens is 3. The number of rotatable bonds is 12. The Hall–Kier alpha value is -4.58. The first-order valence-corrected chi connectivity index (χ1v) is 13.7. The van der Waals surface area contributed by atoms with Crippen LogP contribution < -0.4 is 20.9 Å². The van der Waals surface area contributed by atoms with E-state index in [2.05, 4.69) is 42.4 Å². The first-order valence-electron chi connectivity index (χ1n) is 13.7. The number of ether oxygens (including phenoxy) is 1. The van der Waals surface area contributed by atoms with E-state index in [1.807, 2.05) is 52.2 Å². The molecule has 0 bridgehead atoms. The summed E-state index contributed by atoms with van der Waals surface area (Å²) in [5.41, 5.74) is 5.01. The third-order valence-electron chi connectivity index (χ3n) is 6.89. The molecule has 42 heavy (non-hydrogen) atoms. The molecule has 1 saturated heterocycles. The van der Waals surface area contributed by atoms with E-state index in [4.69, 9.17) is 4.74 Å². The van der Waals surface area contributed by atoms with E-state index < -0.39 is 18.3 Å². The quantitative estimate of drug-likeness (QED) is 0.261. The van der Waals surface area contributed by atoms with E-state index in [1.165, 1.54) is 24.1 Å².